The van der Waals surface area contributed by atoms with Crippen LogP contribution in [-0.2, 0) is 0 Å². The van der Waals surface area contributed by atoms with Crippen molar-refractivity contribution in [3.63, 3.8) is 0 Å². The van der Waals surface area contributed by atoms with E-state index in [2.05, 4.69) is 0 Å². The van der Waals surface area contributed by atoms with Crippen LogP contribution in [0, 0.1) is 10.1 Å². The van der Waals surface area contributed by atoms with Crippen molar-refractivity contribution >= 4 is 17.4 Å². The van der Waals surface area contributed by atoms with Crippen molar-refractivity contribution in [1.29, 1.82) is 0 Å². The van der Waals surface area contributed by atoms with E-state index >= 15 is 0 Å². The van der Waals surface area contributed by atoms with Crippen molar-refractivity contribution in [1.82, 2.24) is 0 Å². The number of nitro groups is 1. The van der Waals surface area contributed by atoms with Gasteiger partial charge in [0.05, 0.1) is 17.6 Å². The average Bonchev–Trinajstić information content (AvgIpc) is 2.35. The molecule has 0 unspecified atom stereocenters. The van der Waals surface area contributed by atoms with Crippen molar-refractivity contribution in [2.75, 3.05) is 12.4 Å². The second-order valence-corrected chi connectivity index (χ2v) is 5.04. The minimum Gasteiger partial charge on any atom is -0.394 e. The lowest BCUT2D eigenvalue weighted by Crippen LogP contribution is -2.15. The molecule has 2 N–H and O–H groups in total. The van der Waals surface area contributed by atoms with Crippen molar-refractivity contribution in [3.8, 4) is 0 Å². The van der Waals surface area contributed by atoms with E-state index in [-0.39, 0.29) is 17.5 Å². The van der Waals surface area contributed by atoms with Gasteiger partial charge in [-0.25, -0.2) is 0 Å². The van der Waals surface area contributed by atoms with Crippen LogP contribution in [0.4, 0.5) is 5.69 Å². The molecule has 1 aromatic rings. The highest BCUT2D eigenvalue weighted by molar-refractivity contribution is 7.99. The summed E-state index contributed by atoms with van der Waals surface area (Å²) < 4.78 is 0. The van der Waals surface area contributed by atoms with Gasteiger partial charge in [-0.1, -0.05) is 12.1 Å². The number of rotatable bonds is 6. The highest BCUT2D eigenvalue weighted by Crippen LogP contribution is 2.30. The summed E-state index contributed by atoms with van der Waals surface area (Å²) in [6.07, 6.45) is -0.749. The topological polar surface area (TPSA) is 83.6 Å². The Morgan fingerprint density at radius 3 is 2.82 bits per heavy atom. The van der Waals surface area contributed by atoms with Crippen molar-refractivity contribution in [2.24, 2.45) is 0 Å². The van der Waals surface area contributed by atoms with Gasteiger partial charge >= 0.3 is 0 Å². The van der Waals surface area contributed by atoms with Gasteiger partial charge in [-0.2, -0.15) is 11.8 Å². The summed E-state index contributed by atoms with van der Waals surface area (Å²) in [5.41, 5.74) is 0.909. The quantitative estimate of drug-likeness (QED) is 0.599. The molecular formula is C11H15NO4S. The third-order valence-corrected chi connectivity index (χ3v) is 3.65. The molecule has 0 heterocycles. The molecule has 1 aromatic carbocycles. The van der Waals surface area contributed by atoms with Gasteiger partial charge in [-0.3, -0.25) is 10.1 Å². The molecule has 6 heteroatoms. The predicted octanol–water partition coefficient (Wildman–Crippen LogP) is 1.74. The maximum Gasteiger partial charge on any atom is 0.269 e. The van der Waals surface area contributed by atoms with Gasteiger partial charge in [-0.05, 0) is 12.5 Å². The minimum atomic E-state index is -0.749. The number of hydrogen-bond donors (Lipinski definition) is 2. The normalized spacial score (nSPS) is 14.3. The summed E-state index contributed by atoms with van der Waals surface area (Å²) >= 11 is 1.45. The molecule has 1 rings (SSSR count). The predicted molar refractivity (Wildman–Crippen MR) is 67.1 cm³/mol. The van der Waals surface area contributed by atoms with Gasteiger partial charge in [-0.15, -0.1) is 0 Å². The SMILES string of the molecule is C[C@@H](SC[C@H](O)CO)c1cccc([N+](=O)[O-])c1. The summed E-state index contributed by atoms with van der Waals surface area (Å²) in [6.45, 7) is 1.64. The van der Waals surface area contributed by atoms with E-state index in [9.17, 15) is 15.2 Å². The largest absolute Gasteiger partial charge is 0.394 e. The lowest BCUT2D eigenvalue weighted by molar-refractivity contribution is -0.384. The number of aliphatic hydroxyl groups excluding tert-OH is 2. The van der Waals surface area contributed by atoms with E-state index in [1.165, 1.54) is 23.9 Å². The molecule has 0 radical (unpaired) electrons. The van der Waals surface area contributed by atoms with Crippen LogP contribution >= 0.6 is 11.8 Å². The zero-order valence-electron chi connectivity index (χ0n) is 9.44. The van der Waals surface area contributed by atoms with E-state index in [4.69, 9.17) is 5.11 Å². The molecular weight excluding hydrogens is 242 g/mol. The second-order valence-electron chi connectivity index (χ2n) is 3.66. The second kappa shape index (κ2) is 6.58. The zero-order valence-corrected chi connectivity index (χ0v) is 10.3. The van der Waals surface area contributed by atoms with Crippen molar-refractivity contribution in [3.05, 3.63) is 39.9 Å². The van der Waals surface area contributed by atoms with E-state index in [1.807, 2.05) is 13.0 Å². The summed E-state index contributed by atoms with van der Waals surface area (Å²) in [4.78, 5) is 10.2. The standard InChI is InChI=1S/C11H15NO4S/c1-8(17-7-11(14)6-13)9-3-2-4-10(5-9)12(15)16/h2-5,8,11,13-14H,6-7H2,1H3/t8-,11-/m1/s1. The minimum absolute atomic E-state index is 0.0381. The Labute approximate surface area is 104 Å². The van der Waals surface area contributed by atoms with Gasteiger partial charge in [0, 0.05) is 23.1 Å². The number of non-ortho nitro benzene ring substituents is 1. The van der Waals surface area contributed by atoms with Gasteiger partial charge in [0.15, 0.2) is 0 Å². The zero-order chi connectivity index (χ0) is 12.8. The molecule has 17 heavy (non-hydrogen) atoms. The van der Waals surface area contributed by atoms with Crippen LogP contribution in [0.5, 0.6) is 0 Å². The van der Waals surface area contributed by atoms with Crippen LogP contribution in [0.1, 0.15) is 17.7 Å². The maximum atomic E-state index is 10.6. The molecule has 0 aromatic heterocycles. The van der Waals surface area contributed by atoms with Gasteiger partial charge < -0.3 is 10.2 Å². The Hall–Kier alpha value is -1.11. The van der Waals surface area contributed by atoms with Gasteiger partial charge in [0.2, 0.25) is 0 Å². The van der Waals surface area contributed by atoms with Crippen LogP contribution in [0.2, 0.25) is 0 Å². The maximum absolute atomic E-state index is 10.6. The van der Waals surface area contributed by atoms with Gasteiger partial charge in [0.1, 0.15) is 0 Å². The summed E-state index contributed by atoms with van der Waals surface area (Å²) in [5.74, 6) is 0.403. The van der Waals surface area contributed by atoms with E-state index in [0.717, 1.165) is 5.56 Å². The molecule has 0 saturated heterocycles. The van der Waals surface area contributed by atoms with Crippen LogP contribution in [-0.4, -0.2) is 33.6 Å². The Balaban J connectivity index is 2.65. The lowest BCUT2D eigenvalue weighted by atomic mass is 10.1. The first-order chi connectivity index (χ1) is 8.04. The smallest absolute Gasteiger partial charge is 0.269 e. The first kappa shape index (κ1) is 14.0. The van der Waals surface area contributed by atoms with Crippen molar-refractivity contribution < 1.29 is 15.1 Å². The molecule has 0 aliphatic heterocycles. The first-order valence-corrected chi connectivity index (χ1v) is 6.24. The summed E-state index contributed by atoms with van der Waals surface area (Å²) in [5, 5.41) is 28.6. The van der Waals surface area contributed by atoms with Crippen LogP contribution in [0.25, 0.3) is 0 Å². The molecule has 0 amide bonds. The number of thioether (sulfide) groups is 1. The van der Waals surface area contributed by atoms with Crippen molar-refractivity contribution in [2.45, 2.75) is 18.3 Å². The summed E-state index contributed by atoms with van der Waals surface area (Å²) in [7, 11) is 0. The average molecular weight is 257 g/mol. The number of benzene rings is 1. The van der Waals surface area contributed by atoms with E-state index < -0.39 is 11.0 Å². The number of hydrogen-bond acceptors (Lipinski definition) is 5. The third kappa shape index (κ3) is 4.33. The molecule has 0 fully saturated rings. The van der Waals surface area contributed by atoms with Crippen LogP contribution in [0.15, 0.2) is 24.3 Å². The Bertz CT molecular complexity index is 385. The lowest BCUT2D eigenvalue weighted by Gasteiger charge is -2.13. The fourth-order valence-electron chi connectivity index (χ4n) is 1.30. The van der Waals surface area contributed by atoms with E-state index in [1.54, 1.807) is 6.07 Å². The van der Waals surface area contributed by atoms with Crippen LogP contribution < -0.4 is 0 Å². The van der Waals surface area contributed by atoms with E-state index in [0.29, 0.717) is 5.75 Å². The highest BCUT2D eigenvalue weighted by atomic mass is 32.2. The first-order valence-electron chi connectivity index (χ1n) is 5.19. The molecule has 2 atom stereocenters. The molecule has 0 saturated carbocycles. The molecule has 0 spiro atoms. The molecule has 0 aliphatic carbocycles. The molecule has 94 valence electrons. The molecule has 0 bridgehead atoms. The number of aliphatic hydroxyl groups is 2. The Kier molecular flexibility index (Phi) is 5.40. The highest BCUT2D eigenvalue weighted by Gasteiger charge is 2.12. The molecule has 5 nitrogen and oxygen atoms in total. The number of nitro benzene ring substituents is 1. The fourth-order valence-corrected chi connectivity index (χ4v) is 2.25. The Morgan fingerprint density at radius 1 is 1.53 bits per heavy atom. The van der Waals surface area contributed by atoms with Crippen LogP contribution in [0.3, 0.4) is 0 Å². The number of nitrogens with zero attached hydrogens (tertiary/aromatic N) is 1. The third-order valence-electron chi connectivity index (χ3n) is 2.30. The van der Waals surface area contributed by atoms with Gasteiger partial charge in [0.25, 0.3) is 5.69 Å². The fraction of sp³-hybridized carbons (Fsp3) is 0.455. The molecule has 0 aliphatic rings. The Morgan fingerprint density at radius 2 is 2.24 bits per heavy atom. The monoisotopic (exact) mass is 257 g/mol. The summed E-state index contributed by atoms with van der Waals surface area (Å²) in [6, 6.07) is 6.44.